The van der Waals surface area contributed by atoms with Crippen molar-refractivity contribution in [3.8, 4) is 0 Å². The van der Waals surface area contributed by atoms with Gasteiger partial charge in [0.05, 0.1) is 17.9 Å². The third kappa shape index (κ3) is 6.66. The quantitative estimate of drug-likeness (QED) is 0.416. The maximum atomic E-state index is 10.9. The van der Waals surface area contributed by atoms with E-state index in [0.29, 0.717) is 12.3 Å². The topological polar surface area (TPSA) is 80.4 Å². The van der Waals surface area contributed by atoms with Crippen LogP contribution in [0.3, 0.4) is 0 Å². The van der Waals surface area contributed by atoms with Crippen LogP contribution in [0.25, 0.3) is 0 Å². The zero-order valence-electron chi connectivity index (χ0n) is 17.6. The second-order valence-electron chi connectivity index (χ2n) is 8.69. The van der Waals surface area contributed by atoms with Crippen LogP contribution in [-0.2, 0) is 17.7 Å². The Morgan fingerprint density at radius 2 is 1.89 bits per heavy atom. The van der Waals surface area contributed by atoms with Gasteiger partial charge in [-0.15, -0.1) is 5.10 Å². The van der Waals surface area contributed by atoms with Crippen molar-refractivity contribution in [1.82, 2.24) is 15.0 Å². The first kappa shape index (κ1) is 22.5. The third-order valence-corrected chi connectivity index (χ3v) is 8.44. The van der Waals surface area contributed by atoms with Crippen LogP contribution >= 0.6 is 0 Å². The molecule has 1 aliphatic rings. The molecule has 0 unspecified atom stereocenters. The number of unbranched alkanes of at least 4 members (excludes halogenated alkanes) is 4. The maximum Gasteiger partial charge on any atom is 0.188 e. The SMILES string of the molecule is CCCCCCC[C@H]1O[C@@H](CCn2cc(CCO)nn2)[C@H]([Si](C)(C)O)[C@H]1C. The van der Waals surface area contributed by atoms with Crippen LogP contribution in [0, 0.1) is 5.92 Å². The van der Waals surface area contributed by atoms with Crippen molar-refractivity contribution < 1.29 is 14.6 Å². The van der Waals surface area contributed by atoms with Gasteiger partial charge >= 0.3 is 0 Å². The molecule has 4 atom stereocenters. The van der Waals surface area contributed by atoms with Crippen molar-refractivity contribution in [3.05, 3.63) is 11.9 Å². The third-order valence-electron chi connectivity index (χ3n) is 5.91. The monoisotopic (exact) mass is 397 g/mol. The molecule has 1 aliphatic heterocycles. The van der Waals surface area contributed by atoms with Crippen molar-refractivity contribution in [1.29, 1.82) is 0 Å². The van der Waals surface area contributed by atoms with E-state index in [0.717, 1.165) is 25.1 Å². The van der Waals surface area contributed by atoms with Gasteiger partial charge in [-0.3, -0.25) is 4.68 Å². The van der Waals surface area contributed by atoms with Crippen LogP contribution in [-0.4, -0.2) is 52.0 Å². The highest BCUT2D eigenvalue weighted by atomic mass is 28.4. The van der Waals surface area contributed by atoms with Gasteiger partial charge in [-0.2, -0.15) is 0 Å². The minimum atomic E-state index is -2.30. The Kier molecular flexibility index (Phi) is 8.92. The molecule has 2 rings (SSSR count). The van der Waals surface area contributed by atoms with Gasteiger partial charge in [0.2, 0.25) is 0 Å². The van der Waals surface area contributed by atoms with E-state index in [1.54, 1.807) is 0 Å². The number of rotatable bonds is 12. The number of hydrogen-bond donors (Lipinski definition) is 2. The molecule has 1 aromatic rings. The lowest BCUT2D eigenvalue weighted by Gasteiger charge is -2.30. The lowest BCUT2D eigenvalue weighted by Crippen LogP contribution is -2.40. The van der Waals surface area contributed by atoms with E-state index in [4.69, 9.17) is 9.84 Å². The van der Waals surface area contributed by atoms with E-state index in [2.05, 4.69) is 24.2 Å². The first-order valence-corrected chi connectivity index (χ1v) is 13.8. The van der Waals surface area contributed by atoms with Crippen molar-refractivity contribution in [2.75, 3.05) is 6.61 Å². The molecule has 1 saturated heterocycles. The van der Waals surface area contributed by atoms with Gasteiger partial charge in [0, 0.05) is 31.3 Å². The van der Waals surface area contributed by atoms with E-state index in [1.165, 1.54) is 32.1 Å². The summed E-state index contributed by atoms with van der Waals surface area (Å²) >= 11 is 0. The number of hydrogen-bond acceptors (Lipinski definition) is 5. The summed E-state index contributed by atoms with van der Waals surface area (Å²) in [6, 6.07) is 0. The maximum absolute atomic E-state index is 10.9. The summed E-state index contributed by atoms with van der Waals surface area (Å²) in [5, 5.41) is 17.2. The summed E-state index contributed by atoms with van der Waals surface area (Å²) in [6.07, 6.45) is 11.1. The fraction of sp³-hybridized carbons (Fsp3) is 0.900. The van der Waals surface area contributed by atoms with Gasteiger partial charge in [-0.1, -0.05) is 51.2 Å². The molecule has 7 heteroatoms. The average Bonchev–Trinajstić information content (AvgIpc) is 3.17. The van der Waals surface area contributed by atoms with Crippen molar-refractivity contribution >= 4 is 8.32 Å². The van der Waals surface area contributed by atoms with E-state index >= 15 is 0 Å². The highest BCUT2D eigenvalue weighted by Crippen LogP contribution is 2.45. The van der Waals surface area contributed by atoms with Crippen LogP contribution in [0.4, 0.5) is 0 Å². The minimum Gasteiger partial charge on any atom is -0.432 e. The molecule has 0 radical (unpaired) electrons. The second kappa shape index (κ2) is 10.7. The lowest BCUT2D eigenvalue weighted by molar-refractivity contribution is 0.0229. The number of aryl methyl sites for hydroxylation is 1. The highest BCUT2D eigenvalue weighted by Gasteiger charge is 2.49. The van der Waals surface area contributed by atoms with Crippen LogP contribution < -0.4 is 0 Å². The van der Waals surface area contributed by atoms with Gasteiger partial charge in [0.1, 0.15) is 0 Å². The van der Waals surface area contributed by atoms with Crippen LogP contribution in [0.1, 0.15) is 64.5 Å². The number of aliphatic hydroxyl groups excluding tert-OH is 1. The smallest absolute Gasteiger partial charge is 0.188 e. The van der Waals surface area contributed by atoms with Crippen molar-refractivity contribution in [2.24, 2.45) is 5.92 Å². The molecule has 0 bridgehead atoms. The number of aliphatic hydroxyl groups is 1. The molecular formula is C20H39N3O3Si. The molecule has 0 aromatic carbocycles. The highest BCUT2D eigenvalue weighted by molar-refractivity contribution is 6.71. The fourth-order valence-electron chi connectivity index (χ4n) is 4.57. The molecule has 27 heavy (non-hydrogen) atoms. The Balaban J connectivity index is 1.91. The molecule has 1 aromatic heterocycles. The zero-order chi connectivity index (χ0) is 19.9. The standard InChI is InChI=1S/C20H39N3O3Si/c1-5-6-7-8-9-10-18-16(2)20(27(3,4)25)19(26-18)11-13-23-15-17(12-14-24)21-22-23/h15-16,18-20,24-25H,5-14H2,1-4H3/t16-,18+,19-,20+/m0/s1. The van der Waals surface area contributed by atoms with E-state index in [1.807, 2.05) is 24.0 Å². The Morgan fingerprint density at radius 3 is 2.56 bits per heavy atom. The van der Waals surface area contributed by atoms with Crippen LogP contribution in [0.5, 0.6) is 0 Å². The normalized spacial score (nSPS) is 26.0. The predicted molar refractivity (Wildman–Crippen MR) is 110 cm³/mol. The summed E-state index contributed by atoms with van der Waals surface area (Å²) < 4.78 is 8.30. The molecule has 2 heterocycles. The van der Waals surface area contributed by atoms with E-state index in [9.17, 15) is 4.80 Å². The van der Waals surface area contributed by atoms with Gasteiger partial charge in [0.25, 0.3) is 0 Å². The summed E-state index contributed by atoms with van der Waals surface area (Å²) in [4.78, 5) is 10.9. The second-order valence-corrected chi connectivity index (χ2v) is 12.7. The molecule has 1 fully saturated rings. The van der Waals surface area contributed by atoms with Crippen LogP contribution in [0.2, 0.25) is 18.6 Å². The van der Waals surface area contributed by atoms with Crippen molar-refractivity contribution in [2.45, 2.75) is 103 Å². The van der Waals surface area contributed by atoms with Crippen LogP contribution in [0.15, 0.2) is 6.20 Å². The van der Waals surface area contributed by atoms with E-state index < -0.39 is 8.32 Å². The Bertz CT molecular complexity index is 547. The van der Waals surface area contributed by atoms with Crippen molar-refractivity contribution in [3.63, 3.8) is 0 Å². The molecule has 0 aliphatic carbocycles. The lowest BCUT2D eigenvalue weighted by atomic mass is 9.95. The van der Waals surface area contributed by atoms with Gasteiger partial charge < -0.3 is 14.6 Å². The number of nitrogens with zero attached hydrogens (tertiary/aromatic N) is 3. The predicted octanol–water partition coefficient (Wildman–Crippen LogP) is 3.53. The summed E-state index contributed by atoms with van der Waals surface area (Å²) in [6.45, 7) is 9.43. The summed E-state index contributed by atoms with van der Waals surface area (Å²) in [5.74, 6) is 0.411. The van der Waals surface area contributed by atoms with Gasteiger partial charge in [-0.25, -0.2) is 0 Å². The first-order valence-electron chi connectivity index (χ1n) is 10.7. The number of ether oxygens (including phenoxy) is 1. The average molecular weight is 398 g/mol. The molecule has 6 nitrogen and oxygen atoms in total. The Morgan fingerprint density at radius 1 is 1.15 bits per heavy atom. The Labute approximate surface area is 165 Å². The minimum absolute atomic E-state index is 0.0915. The number of aromatic nitrogens is 3. The fourth-order valence-corrected chi connectivity index (χ4v) is 7.22. The van der Waals surface area contributed by atoms with Gasteiger partial charge in [-0.05, 0) is 31.9 Å². The van der Waals surface area contributed by atoms with E-state index in [-0.39, 0.29) is 24.4 Å². The molecule has 0 saturated carbocycles. The summed E-state index contributed by atoms with van der Waals surface area (Å²) in [7, 11) is -2.30. The molecule has 0 spiro atoms. The molecule has 0 amide bonds. The molecule has 2 N–H and O–H groups in total. The molecular weight excluding hydrogens is 358 g/mol. The molecule has 156 valence electrons. The Hall–Kier alpha value is -0.763. The van der Waals surface area contributed by atoms with Gasteiger partial charge in [0.15, 0.2) is 8.32 Å². The first-order chi connectivity index (χ1) is 12.9. The summed E-state index contributed by atoms with van der Waals surface area (Å²) in [5.41, 5.74) is 1.08. The largest absolute Gasteiger partial charge is 0.432 e. The zero-order valence-corrected chi connectivity index (χ0v) is 18.6.